The average molecular weight is 343 g/mol. The highest BCUT2D eigenvalue weighted by Gasteiger charge is 2.32. The first-order valence-corrected chi connectivity index (χ1v) is 10.3. The molecule has 1 aliphatic heterocycles. The molecule has 1 aliphatic carbocycles. The predicted molar refractivity (Wildman–Crippen MR) is 113 cm³/mol. The molecule has 1 aromatic carbocycles. The van der Waals surface area contributed by atoms with E-state index >= 15 is 0 Å². The zero-order chi connectivity index (χ0) is 18.7. The van der Waals surface area contributed by atoms with E-state index in [1.54, 1.807) is 0 Å². The summed E-state index contributed by atoms with van der Waals surface area (Å²) < 4.78 is 0. The van der Waals surface area contributed by atoms with Crippen LogP contribution in [0.15, 0.2) is 40.5 Å². The van der Waals surface area contributed by atoms with Crippen molar-refractivity contribution in [1.29, 1.82) is 0 Å². The Morgan fingerprint density at radius 1 is 0.800 bits per heavy atom. The van der Waals surface area contributed by atoms with Crippen molar-refractivity contribution in [2.75, 3.05) is 0 Å². The van der Waals surface area contributed by atoms with E-state index in [0.717, 1.165) is 5.92 Å². The molecular weight excluding hydrogens is 304 g/mol. The maximum Gasteiger partial charge on any atom is 0.0740 e. The third-order valence-electron chi connectivity index (χ3n) is 4.54. The highest BCUT2D eigenvalue weighted by Crippen LogP contribution is 2.34. The Labute approximate surface area is 155 Å². The van der Waals surface area contributed by atoms with Gasteiger partial charge < -0.3 is 0 Å². The van der Waals surface area contributed by atoms with E-state index in [9.17, 15) is 0 Å². The van der Waals surface area contributed by atoms with Gasteiger partial charge in [-0.1, -0.05) is 90.6 Å². The molecule has 3 rings (SSSR count). The lowest BCUT2D eigenvalue weighted by atomic mass is 9.74. The Kier molecular flexibility index (Phi) is 10.4. The lowest BCUT2D eigenvalue weighted by Gasteiger charge is -2.32. The highest BCUT2D eigenvalue weighted by molar-refractivity contribution is 6.06. The second kappa shape index (κ2) is 12.0. The Bertz CT molecular complexity index is 526. The highest BCUT2D eigenvalue weighted by atomic mass is 15.2. The number of hydrogen-bond acceptors (Lipinski definition) is 2. The van der Waals surface area contributed by atoms with Crippen molar-refractivity contribution < 1.29 is 0 Å². The summed E-state index contributed by atoms with van der Waals surface area (Å²) in [6.07, 6.45) is 7.99. The maximum absolute atomic E-state index is 4.54. The quantitative estimate of drug-likeness (QED) is 0.518. The third-order valence-corrected chi connectivity index (χ3v) is 4.54. The number of benzene rings is 1. The molecule has 0 amide bonds. The summed E-state index contributed by atoms with van der Waals surface area (Å²) in [5.74, 6) is 2.04. The second-order valence-electron chi connectivity index (χ2n) is 7.53. The van der Waals surface area contributed by atoms with Crippen molar-refractivity contribution in [1.82, 2.24) is 0 Å². The first-order chi connectivity index (χ1) is 12.1. The molecule has 0 radical (unpaired) electrons. The van der Waals surface area contributed by atoms with E-state index < -0.39 is 0 Å². The molecule has 2 heteroatoms. The largest absolute Gasteiger partial charge is 0.160 e. The van der Waals surface area contributed by atoms with Gasteiger partial charge in [0.1, 0.15) is 0 Å². The fourth-order valence-electron chi connectivity index (χ4n) is 3.47. The summed E-state index contributed by atoms with van der Waals surface area (Å²) in [6.45, 7) is 12.7. The molecular formula is C23H38N2. The van der Waals surface area contributed by atoms with Crippen molar-refractivity contribution in [3.05, 3.63) is 35.9 Å². The number of nitrogens with zero attached hydrogens (tertiary/aromatic N) is 2. The molecule has 2 nitrogen and oxygen atoms in total. The fourth-order valence-corrected chi connectivity index (χ4v) is 3.47. The molecule has 140 valence electrons. The summed E-state index contributed by atoms with van der Waals surface area (Å²) in [5.41, 5.74) is 3.72. The van der Waals surface area contributed by atoms with Gasteiger partial charge in [-0.3, -0.25) is 0 Å². The Balaban J connectivity index is 0.000000461. The van der Waals surface area contributed by atoms with E-state index in [2.05, 4.69) is 68.2 Å². The summed E-state index contributed by atoms with van der Waals surface area (Å²) in [5, 5.41) is 8.99. The van der Waals surface area contributed by atoms with Gasteiger partial charge in [0.15, 0.2) is 0 Å². The van der Waals surface area contributed by atoms with Gasteiger partial charge in [-0.15, -0.1) is 0 Å². The second-order valence-corrected chi connectivity index (χ2v) is 7.53. The van der Waals surface area contributed by atoms with Crippen LogP contribution < -0.4 is 0 Å². The zero-order valence-corrected chi connectivity index (χ0v) is 17.3. The van der Waals surface area contributed by atoms with Gasteiger partial charge >= 0.3 is 0 Å². The van der Waals surface area contributed by atoms with Crippen LogP contribution >= 0.6 is 0 Å². The minimum absolute atomic E-state index is 0.584. The first-order valence-electron chi connectivity index (χ1n) is 10.3. The summed E-state index contributed by atoms with van der Waals surface area (Å²) in [7, 11) is 0. The normalized spacial score (nSPS) is 22.7. The van der Waals surface area contributed by atoms with Crippen LogP contribution in [0, 0.1) is 17.8 Å². The molecule has 0 saturated heterocycles. The molecule has 1 saturated carbocycles. The van der Waals surface area contributed by atoms with Crippen molar-refractivity contribution in [2.24, 2.45) is 28.0 Å². The molecule has 0 aromatic heterocycles. The Morgan fingerprint density at radius 3 is 1.88 bits per heavy atom. The van der Waals surface area contributed by atoms with E-state index in [1.807, 2.05) is 13.8 Å². The van der Waals surface area contributed by atoms with Crippen molar-refractivity contribution in [3.8, 4) is 0 Å². The number of hydrogen-bond donors (Lipinski definition) is 0. The van der Waals surface area contributed by atoms with E-state index in [-0.39, 0.29) is 0 Å². The van der Waals surface area contributed by atoms with Crippen LogP contribution in [-0.2, 0) is 0 Å². The van der Waals surface area contributed by atoms with E-state index in [1.165, 1.54) is 55.5 Å². The monoisotopic (exact) mass is 342 g/mol. The molecule has 0 N–H and O–H groups in total. The molecule has 2 aliphatic rings. The van der Waals surface area contributed by atoms with Gasteiger partial charge in [0.2, 0.25) is 0 Å². The van der Waals surface area contributed by atoms with Gasteiger partial charge in [0.25, 0.3) is 0 Å². The minimum Gasteiger partial charge on any atom is -0.160 e. The van der Waals surface area contributed by atoms with Crippen LogP contribution in [0.3, 0.4) is 0 Å². The zero-order valence-electron chi connectivity index (χ0n) is 17.3. The van der Waals surface area contributed by atoms with Crippen LogP contribution in [0.4, 0.5) is 0 Å². The van der Waals surface area contributed by atoms with Crippen LogP contribution in [0.2, 0.25) is 0 Å². The van der Waals surface area contributed by atoms with Crippen LogP contribution in [0.25, 0.3) is 0 Å². The number of fused-ring (bicyclic) bond motifs is 1. The van der Waals surface area contributed by atoms with Crippen LogP contribution in [0.5, 0.6) is 0 Å². The molecule has 1 heterocycles. The summed E-state index contributed by atoms with van der Waals surface area (Å²) in [6, 6.07) is 10.6. The molecule has 2 unspecified atom stereocenters. The lowest BCUT2D eigenvalue weighted by Crippen LogP contribution is -2.33. The minimum atomic E-state index is 0.584. The van der Waals surface area contributed by atoms with Gasteiger partial charge in [0.05, 0.1) is 5.71 Å². The van der Waals surface area contributed by atoms with Gasteiger partial charge in [-0.05, 0) is 31.2 Å². The van der Waals surface area contributed by atoms with Crippen LogP contribution in [-0.4, -0.2) is 11.4 Å². The molecule has 0 bridgehead atoms. The number of rotatable bonds is 1. The van der Waals surface area contributed by atoms with Crippen molar-refractivity contribution in [3.63, 3.8) is 0 Å². The van der Waals surface area contributed by atoms with Gasteiger partial charge in [-0.25, -0.2) is 0 Å². The third kappa shape index (κ3) is 7.13. The van der Waals surface area contributed by atoms with Gasteiger partial charge in [0, 0.05) is 17.5 Å². The summed E-state index contributed by atoms with van der Waals surface area (Å²) >= 11 is 0. The SMILES string of the molecule is CC.CC(C)C.CC1=NN=C(c2ccccc2)C2CCCCCCC12. The van der Waals surface area contributed by atoms with Gasteiger partial charge in [-0.2, -0.15) is 10.2 Å². The fraction of sp³-hybridized carbons (Fsp3) is 0.652. The maximum atomic E-state index is 4.54. The van der Waals surface area contributed by atoms with Crippen molar-refractivity contribution in [2.45, 2.75) is 80.1 Å². The first kappa shape index (κ1) is 21.6. The molecule has 25 heavy (non-hydrogen) atoms. The van der Waals surface area contributed by atoms with E-state index in [4.69, 9.17) is 0 Å². The van der Waals surface area contributed by atoms with E-state index in [0.29, 0.717) is 11.8 Å². The lowest BCUT2D eigenvalue weighted by molar-refractivity contribution is 0.390. The molecule has 2 atom stereocenters. The standard InChI is InChI=1S/C17H22N2.C4H10.C2H6/c1-13-15-11-7-2-3-8-12-16(15)17(19-18-13)14-9-5-4-6-10-14;1-4(2)3;1-2/h4-6,9-10,15-16H,2-3,7-8,11-12H2,1H3;4H,1-3H3;1-2H3. The Hall–Kier alpha value is -1.44. The smallest absolute Gasteiger partial charge is 0.0740 e. The van der Waals surface area contributed by atoms with Crippen LogP contribution in [0.1, 0.15) is 85.6 Å². The summed E-state index contributed by atoms with van der Waals surface area (Å²) in [4.78, 5) is 0. The molecule has 0 spiro atoms. The molecule has 1 aromatic rings. The Morgan fingerprint density at radius 2 is 1.32 bits per heavy atom. The van der Waals surface area contributed by atoms with Crippen molar-refractivity contribution >= 4 is 11.4 Å². The predicted octanol–water partition coefficient (Wildman–Crippen LogP) is 7.14. The average Bonchev–Trinajstić information content (AvgIpc) is 2.58. The topological polar surface area (TPSA) is 24.7 Å². The molecule has 1 fully saturated rings.